The number of hydrogen-bond acceptors (Lipinski definition) is 5. The zero-order chi connectivity index (χ0) is 19.3. The Morgan fingerprint density at radius 2 is 2.08 bits per heavy atom. The third-order valence-corrected chi connectivity index (χ3v) is 5.83. The number of rotatable bonds is 9. The SMILES string of the molecule is CCCCn1c(N)c(N(CCC(C)C)Cc2ccc(Br)s2)c(=O)[nH]c1=O. The average Bonchev–Trinajstić information content (AvgIpc) is 2.97. The molecule has 0 aliphatic carbocycles. The van der Waals surface area contributed by atoms with Gasteiger partial charge in [0.25, 0.3) is 5.56 Å². The van der Waals surface area contributed by atoms with Gasteiger partial charge in [0.1, 0.15) is 11.5 Å². The number of nitrogens with zero attached hydrogens (tertiary/aromatic N) is 2. The van der Waals surface area contributed by atoms with Crippen molar-refractivity contribution >= 4 is 38.8 Å². The molecule has 0 bridgehead atoms. The summed E-state index contributed by atoms with van der Waals surface area (Å²) in [5, 5.41) is 0. The lowest BCUT2D eigenvalue weighted by Gasteiger charge is -2.26. The maximum Gasteiger partial charge on any atom is 0.330 e. The van der Waals surface area contributed by atoms with E-state index in [-0.39, 0.29) is 5.82 Å². The van der Waals surface area contributed by atoms with Crippen molar-refractivity contribution in [1.82, 2.24) is 9.55 Å². The van der Waals surface area contributed by atoms with Crippen LogP contribution in [0.15, 0.2) is 25.5 Å². The molecule has 6 nitrogen and oxygen atoms in total. The third kappa shape index (κ3) is 5.23. The van der Waals surface area contributed by atoms with Gasteiger partial charge in [-0.3, -0.25) is 14.3 Å². The van der Waals surface area contributed by atoms with E-state index in [1.807, 2.05) is 17.0 Å². The van der Waals surface area contributed by atoms with Gasteiger partial charge in [0, 0.05) is 18.0 Å². The van der Waals surface area contributed by atoms with Gasteiger partial charge in [-0.15, -0.1) is 11.3 Å². The molecule has 0 spiro atoms. The highest BCUT2D eigenvalue weighted by Gasteiger charge is 2.20. The molecule has 0 radical (unpaired) electrons. The van der Waals surface area contributed by atoms with Crippen LogP contribution in [0.3, 0.4) is 0 Å². The summed E-state index contributed by atoms with van der Waals surface area (Å²) in [6.45, 7) is 8.14. The summed E-state index contributed by atoms with van der Waals surface area (Å²) in [7, 11) is 0. The normalized spacial score (nSPS) is 11.3. The summed E-state index contributed by atoms with van der Waals surface area (Å²) in [6, 6.07) is 4.03. The number of nitrogen functional groups attached to an aromatic ring is 1. The summed E-state index contributed by atoms with van der Waals surface area (Å²) in [6.07, 6.45) is 2.71. The van der Waals surface area contributed by atoms with Crippen LogP contribution in [-0.4, -0.2) is 16.1 Å². The summed E-state index contributed by atoms with van der Waals surface area (Å²) in [5.41, 5.74) is 5.83. The Balaban J connectivity index is 2.44. The topological polar surface area (TPSA) is 84.1 Å². The van der Waals surface area contributed by atoms with Crippen molar-refractivity contribution in [2.75, 3.05) is 17.2 Å². The standard InChI is InChI=1S/C18H27BrN4O2S/c1-4-5-9-23-16(20)15(17(24)21-18(23)25)22(10-8-12(2)3)11-13-6-7-14(19)26-13/h6-7,12H,4-5,8-11,20H2,1-3H3,(H,21,24,25). The number of halogens is 1. The van der Waals surface area contributed by atoms with E-state index < -0.39 is 11.2 Å². The van der Waals surface area contributed by atoms with Crippen LogP contribution in [0.4, 0.5) is 11.5 Å². The minimum atomic E-state index is -0.438. The first-order valence-electron chi connectivity index (χ1n) is 8.95. The number of nitrogens with two attached hydrogens (primary N) is 1. The first-order valence-corrected chi connectivity index (χ1v) is 10.6. The quantitative estimate of drug-likeness (QED) is 0.618. The molecular weight excluding hydrogens is 416 g/mol. The number of H-pyrrole nitrogens is 1. The number of hydrogen-bond donors (Lipinski definition) is 2. The number of anilines is 2. The van der Waals surface area contributed by atoms with Crippen LogP contribution in [0.2, 0.25) is 0 Å². The Morgan fingerprint density at radius 1 is 1.35 bits per heavy atom. The lowest BCUT2D eigenvalue weighted by atomic mass is 10.1. The van der Waals surface area contributed by atoms with Crippen LogP contribution in [0.5, 0.6) is 0 Å². The second-order valence-corrected chi connectivity index (χ2v) is 9.36. The molecule has 2 heterocycles. The van der Waals surface area contributed by atoms with Crippen molar-refractivity contribution in [3.05, 3.63) is 41.6 Å². The molecule has 26 heavy (non-hydrogen) atoms. The smallest absolute Gasteiger partial charge is 0.330 e. The van der Waals surface area contributed by atoms with E-state index in [9.17, 15) is 9.59 Å². The van der Waals surface area contributed by atoms with Gasteiger partial charge in [0.15, 0.2) is 0 Å². The molecule has 144 valence electrons. The maximum atomic E-state index is 12.6. The minimum Gasteiger partial charge on any atom is -0.383 e. The van der Waals surface area contributed by atoms with Gasteiger partial charge in [0.2, 0.25) is 0 Å². The zero-order valence-electron chi connectivity index (χ0n) is 15.5. The Hall–Kier alpha value is -1.54. The summed E-state index contributed by atoms with van der Waals surface area (Å²) < 4.78 is 2.53. The summed E-state index contributed by atoms with van der Waals surface area (Å²) in [4.78, 5) is 30.3. The van der Waals surface area contributed by atoms with Crippen molar-refractivity contribution in [3.8, 4) is 0 Å². The molecule has 0 saturated carbocycles. The van der Waals surface area contributed by atoms with Gasteiger partial charge in [-0.05, 0) is 46.8 Å². The lowest BCUT2D eigenvalue weighted by molar-refractivity contribution is 0.566. The number of aromatic amines is 1. The van der Waals surface area contributed by atoms with Crippen LogP contribution >= 0.6 is 27.3 Å². The molecule has 2 aromatic rings. The lowest BCUT2D eigenvalue weighted by Crippen LogP contribution is -2.38. The van der Waals surface area contributed by atoms with Gasteiger partial charge in [-0.25, -0.2) is 4.79 Å². The van der Waals surface area contributed by atoms with E-state index >= 15 is 0 Å². The van der Waals surface area contributed by atoms with Crippen LogP contribution < -0.4 is 21.9 Å². The highest BCUT2D eigenvalue weighted by Crippen LogP contribution is 2.26. The maximum absolute atomic E-state index is 12.6. The van der Waals surface area contributed by atoms with Crippen LogP contribution in [0.1, 0.15) is 44.9 Å². The summed E-state index contributed by atoms with van der Waals surface area (Å²) >= 11 is 5.11. The molecule has 0 amide bonds. The van der Waals surface area contributed by atoms with Crippen molar-refractivity contribution < 1.29 is 0 Å². The molecule has 2 rings (SSSR count). The highest BCUT2D eigenvalue weighted by atomic mass is 79.9. The average molecular weight is 443 g/mol. The molecule has 0 unspecified atom stereocenters. The van der Waals surface area contributed by atoms with Gasteiger partial charge < -0.3 is 10.6 Å². The molecule has 0 saturated heterocycles. The molecule has 2 aromatic heterocycles. The van der Waals surface area contributed by atoms with Crippen molar-refractivity contribution in [1.29, 1.82) is 0 Å². The van der Waals surface area contributed by atoms with Crippen LogP contribution in [0, 0.1) is 5.92 Å². The van der Waals surface area contributed by atoms with Crippen molar-refractivity contribution in [3.63, 3.8) is 0 Å². The van der Waals surface area contributed by atoms with E-state index in [1.54, 1.807) is 11.3 Å². The highest BCUT2D eigenvalue weighted by molar-refractivity contribution is 9.11. The fourth-order valence-corrected chi connectivity index (χ4v) is 4.23. The van der Waals surface area contributed by atoms with Gasteiger partial charge in [-0.1, -0.05) is 27.2 Å². The predicted octanol–water partition coefficient (Wildman–Crippen LogP) is 3.80. The monoisotopic (exact) mass is 442 g/mol. The van der Waals surface area contributed by atoms with E-state index in [4.69, 9.17) is 5.73 Å². The number of unbranched alkanes of at least 4 members (excludes halogenated alkanes) is 1. The second kappa shape index (κ2) is 9.41. The molecule has 0 aliphatic heterocycles. The summed E-state index contributed by atoms with van der Waals surface area (Å²) in [5.74, 6) is 0.755. The van der Waals surface area contributed by atoms with E-state index in [1.165, 1.54) is 4.57 Å². The largest absolute Gasteiger partial charge is 0.383 e. The Morgan fingerprint density at radius 3 is 2.65 bits per heavy atom. The van der Waals surface area contributed by atoms with E-state index in [0.29, 0.717) is 31.2 Å². The molecule has 0 aromatic carbocycles. The Labute approximate surface area is 166 Å². The number of nitrogens with one attached hydrogen (secondary N) is 1. The second-order valence-electron chi connectivity index (χ2n) is 6.81. The van der Waals surface area contributed by atoms with Crippen molar-refractivity contribution in [2.24, 2.45) is 5.92 Å². The molecule has 0 aliphatic rings. The number of thiophene rings is 1. The molecular formula is C18H27BrN4O2S. The van der Waals surface area contributed by atoms with Crippen molar-refractivity contribution in [2.45, 2.75) is 53.1 Å². The first-order chi connectivity index (χ1) is 12.3. The predicted molar refractivity (Wildman–Crippen MR) is 113 cm³/mol. The fraction of sp³-hybridized carbons (Fsp3) is 0.556. The van der Waals surface area contributed by atoms with Crippen LogP contribution in [-0.2, 0) is 13.1 Å². The molecule has 8 heteroatoms. The van der Waals surface area contributed by atoms with Gasteiger partial charge >= 0.3 is 5.69 Å². The molecule has 3 N–H and O–H groups in total. The molecule has 0 fully saturated rings. The van der Waals surface area contributed by atoms with Gasteiger partial charge in [0.05, 0.1) is 10.3 Å². The fourth-order valence-electron chi connectivity index (χ4n) is 2.73. The third-order valence-electron chi connectivity index (χ3n) is 4.22. The van der Waals surface area contributed by atoms with Crippen LogP contribution in [0.25, 0.3) is 0 Å². The van der Waals surface area contributed by atoms with E-state index in [2.05, 4.69) is 41.7 Å². The molecule has 0 atom stereocenters. The van der Waals surface area contributed by atoms with E-state index in [0.717, 1.165) is 27.9 Å². The minimum absolute atomic E-state index is 0.256. The zero-order valence-corrected chi connectivity index (χ0v) is 18.0. The Kier molecular flexibility index (Phi) is 7.52. The Bertz CT molecular complexity index is 840. The van der Waals surface area contributed by atoms with Gasteiger partial charge in [-0.2, -0.15) is 0 Å². The first kappa shape index (κ1) is 20.8. The number of aromatic nitrogens is 2.